The lowest BCUT2D eigenvalue weighted by atomic mass is 10.2. The van der Waals surface area contributed by atoms with Crippen molar-refractivity contribution in [1.82, 2.24) is 15.0 Å². The topological polar surface area (TPSA) is 77.2 Å². The fourth-order valence-electron chi connectivity index (χ4n) is 1.97. The summed E-state index contributed by atoms with van der Waals surface area (Å²) < 4.78 is 20.4. The van der Waals surface area contributed by atoms with Crippen molar-refractivity contribution in [3.8, 4) is 5.75 Å². The molecule has 1 N–H and O–H groups in total. The van der Waals surface area contributed by atoms with Gasteiger partial charge in [0.25, 0.3) is 0 Å². The third-order valence-electron chi connectivity index (χ3n) is 2.96. The van der Waals surface area contributed by atoms with Gasteiger partial charge in [0.05, 0.1) is 19.3 Å². The zero-order valence-corrected chi connectivity index (χ0v) is 11.1. The fraction of sp³-hybridized carbons (Fsp3) is 0.308. The molecule has 20 heavy (non-hydrogen) atoms. The van der Waals surface area contributed by atoms with Crippen molar-refractivity contribution in [1.29, 1.82) is 0 Å². The number of ether oxygens (including phenoxy) is 1. The maximum Gasteiger partial charge on any atom is 0.358 e. The second-order valence-corrected chi connectivity index (χ2v) is 4.13. The van der Waals surface area contributed by atoms with Crippen molar-refractivity contribution in [2.24, 2.45) is 0 Å². The van der Waals surface area contributed by atoms with Gasteiger partial charge in [0.1, 0.15) is 0 Å². The van der Waals surface area contributed by atoms with Crippen molar-refractivity contribution in [2.75, 3.05) is 7.11 Å². The summed E-state index contributed by atoms with van der Waals surface area (Å²) in [4.78, 5) is 11.0. The molecule has 0 saturated heterocycles. The average Bonchev–Trinajstić information content (AvgIpc) is 2.84. The second-order valence-electron chi connectivity index (χ2n) is 4.13. The van der Waals surface area contributed by atoms with E-state index in [-0.39, 0.29) is 18.0 Å². The average molecular weight is 279 g/mol. The van der Waals surface area contributed by atoms with E-state index < -0.39 is 11.8 Å². The normalized spacial score (nSPS) is 10.6. The highest BCUT2D eigenvalue weighted by Gasteiger charge is 2.18. The summed E-state index contributed by atoms with van der Waals surface area (Å²) in [5, 5.41) is 16.4. The van der Waals surface area contributed by atoms with Crippen LogP contribution in [0.25, 0.3) is 0 Å². The van der Waals surface area contributed by atoms with E-state index >= 15 is 0 Å². The number of methoxy groups -OCH3 is 1. The minimum Gasteiger partial charge on any atom is -0.494 e. The SMILES string of the molecule is CCc1c(C(=O)O)nnn1Cc1cccc(OC)c1F. The number of halogens is 1. The quantitative estimate of drug-likeness (QED) is 0.902. The van der Waals surface area contributed by atoms with Gasteiger partial charge in [-0.2, -0.15) is 0 Å². The Bertz CT molecular complexity index is 640. The number of aromatic nitrogens is 3. The molecule has 1 aromatic carbocycles. The Balaban J connectivity index is 2.38. The highest BCUT2D eigenvalue weighted by Crippen LogP contribution is 2.21. The Labute approximate surface area is 114 Å². The molecule has 0 saturated carbocycles. The van der Waals surface area contributed by atoms with Crippen molar-refractivity contribution in [3.63, 3.8) is 0 Å². The first-order valence-electron chi connectivity index (χ1n) is 6.05. The summed E-state index contributed by atoms with van der Waals surface area (Å²) >= 11 is 0. The van der Waals surface area contributed by atoms with Crippen LogP contribution in [0, 0.1) is 5.82 Å². The first-order chi connectivity index (χ1) is 9.58. The van der Waals surface area contributed by atoms with E-state index in [1.165, 1.54) is 17.9 Å². The molecule has 0 fully saturated rings. The molecule has 0 spiro atoms. The van der Waals surface area contributed by atoms with Crippen LogP contribution in [0.2, 0.25) is 0 Å². The van der Waals surface area contributed by atoms with E-state index in [9.17, 15) is 9.18 Å². The summed E-state index contributed by atoms with van der Waals surface area (Å²) in [6.45, 7) is 1.90. The number of carboxylic acids is 1. The highest BCUT2D eigenvalue weighted by molar-refractivity contribution is 5.86. The van der Waals surface area contributed by atoms with Crippen LogP contribution < -0.4 is 4.74 Å². The molecule has 0 amide bonds. The van der Waals surface area contributed by atoms with Crippen molar-refractivity contribution < 1.29 is 19.0 Å². The molecule has 7 heteroatoms. The predicted molar refractivity (Wildman–Crippen MR) is 68.4 cm³/mol. The summed E-state index contributed by atoms with van der Waals surface area (Å²) in [5.41, 5.74) is 0.719. The Morgan fingerprint density at radius 3 is 2.85 bits per heavy atom. The third-order valence-corrected chi connectivity index (χ3v) is 2.96. The lowest BCUT2D eigenvalue weighted by Gasteiger charge is -2.09. The highest BCUT2D eigenvalue weighted by atomic mass is 19.1. The Hall–Kier alpha value is -2.44. The number of benzene rings is 1. The Morgan fingerprint density at radius 1 is 1.50 bits per heavy atom. The van der Waals surface area contributed by atoms with E-state index in [0.717, 1.165) is 0 Å². The molecular formula is C13H14FN3O3. The van der Waals surface area contributed by atoms with Crippen LogP contribution >= 0.6 is 0 Å². The van der Waals surface area contributed by atoms with Gasteiger partial charge in [0.15, 0.2) is 17.3 Å². The number of rotatable bonds is 5. The van der Waals surface area contributed by atoms with Crippen LogP contribution in [0.15, 0.2) is 18.2 Å². The van der Waals surface area contributed by atoms with Gasteiger partial charge in [-0.15, -0.1) is 5.10 Å². The molecule has 2 aromatic rings. The second kappa shape index (κ2) is 5.68. The standard InChI is InChI=1S/C13H14FN3O3/c1-3-9-12(13(18)19)15-16-17(9)7-8-5-4-6-10(20-2)11(8)14/h4-6H,3,7H2,1-2H3,(H,18,19). The first kappa shape index (κ1) is 14.0. The van der Waals surface area contributed by atoms with Crippen LogP contribution in [0.5, 0.6) is 5.75 Å². The minimum absolute atomic E-state index is 0.101. The van der Waals surface area contributed by atoms with Gasteiger partial charge in [0.2, 0.25) is 0 Å². The predicted octanol–water partition coefficient (Wildman–Crippen LogP) is 1.73. The van der Waals surface area contributed by atoms with Gasteiger partial charge >= 0.3 is 5.97 Å². The number of aromatic carboxylic acids is 1. The third kappa shape index (κ3) is 2.47. The molecule has 0 atom stereocenters. The zero-order valence-electron chi connectivity index (χ0n) is 11.1. The van der Waals surface area contributed by atoms with Gasteiger partial charge in [0, 0.05) is 5.56 Å². The number of nitrogens with zero attached hydrogens (tertiary/aromatic N) is 3. The summed E-state index contributed by atoms with van der Waals surface area (Å²) in [7, 11) is 1.39. The monoisotopic (exact) mass is 279 g/mol. The molecule has 0 bridgehead atoms. The molecule has 0 aliphatic heterocycles. The van der Waals surface area contributed by atoms with Gasteiger partial charge in [-0.1, -0.05) is 24.3 Å². The lowest BCUT2D eigenvalue weighted by Crippen LogP contribution is -2.10. The van der Waals surface area contributed by atoms with Crippen LogP contribution in [0.1, 0.15) is 28.7 Å². The zero-order chi connectivity index (χ0) is 14.7. The van der Waals surface area contributed by atoms with Crippen molar-refractivity contribution >= 4 is 5.97 Å². The molecule has 0 aliphatic rings. The number of hydrogen-bond donors (Lipinski definition) is 1. The van der Waals surface area contributed by atoms with E-state index in [0.29, 0.717) is 17.7 Å². The molecule has 1 heterocycles. The first-order valence-corrected chi connectivity index (χ1v) is 6.05. The Kier molecular flexibility index (Phi) is 3.97. The summed E-state index contributed by atoms with van der Waals surface area (Å²) in [6, 6.07) is 4.78. The van der Waals surface area contributed by atoms with E-state index in [1.54, 1.807) is 19.1 Å². The van der Waals surface area contributed by atoms with Gasteiger partial charge in [-0.3, -0.25) is 0 Å². The summed E-state index contributed by atoms with van der Waals surface area (Å²) in [5.74, 6) is -1.48. The lowest BCUT2D eigenvalue weighted by molar-refractivity contribution is 0.0689. The largest absolute Gasteiger partial charge is 0.494 e. The number of hydrogen-bond acceptors (Lipinski definition) is 4. The molecule has 0 radical (unpaired) electrons. The fourth-order valence-corrected chi connectivity index (χ4v) is 1.97. The van der Waals surface area contributed by atoms with Gasteiger partial charge in [-0.25, -0.2) is 13.9 Å². The van der Waals surface area contributed by atoms with Crippen molar-refractivity contribution in [3.05, 3.63) is 41.0 Å². The molecular weight excluding hydrogens is 265 g/mol. The maximum atomic E-state index is 14.1. The number of carboxylic acid groups (broad SMARTS) is 1. The molecule has 0 aliphatic carbocycles. The van der Waals surface area contributed by atoms with Crippen LogP contribution in [-0.2, 0) is 13.0 Å². The minimum atomic E-state index is -1.14. The summed E-state index contributed by atoms with van der Waals surface area (Å²) in [6.07, 6.45) is 0.445. The van der Waals surface area contributed by atoms with E-state index in [2.05, 4.69) is 10.3 Å². The molecule has 1 aromatic heterocycles. The van der Waals surface area contributed by atoms with Crippen LogP contribution in [0.3, 0.4) is 0 Å². The van der Waals surface area contributed by atoms with Gasteiger partial charge < -0.3 is 9.84 Å². The van der Waals surface area contributed by atoms with Crippen molar-refractivity contribution in [2.45, 2.75) is 19.9 Å². The smallest absolute Gasteiger partial charge is 0.358 e. The molecule has 2 rings (SSSR count). The van der Waals surface area contributed by atoms with E-state index in [4.69, 9.17) is 9.84 Å². The number of carbonyl (C=O) groups is 1. The van der Waals surface area contributed by atoms with Crippen LogP contribution in [-0.4, -0.2) is 33.2 Å². The molecule has 0 unspecified atom stereocenters. The van der Waals surface area contributed by atoms with Gasteiger partial charge in [-0.05, 0) is 12.5 Å². The Morgan fingerprint density at radius 2 is 2.25 bits per heavy atom. The maximum absolute atomic E-state index is 14.1. The van der Waals surface area contributed by atoms with E-state index in [1.807, 2.05) is 0 Å². The molecule has 106 valence electrons. The van der Waals surface area contributed by atoms with Crippen LogP contribution in [0.4, 0.5) is 4.39 Å². The molecule has 6 nitrogen and oxygen atoms in total.